The fraction of sp³-hybridized carbons (Fsp3) is 0.333. The number of nitrogens with two attached hydrogens (primary N) is 1. The molecule has 0 aromatic heterocycles. The molecule has 1 aliphatic rings. The third-order valence-electron chi connectivity index (χ3n) is 3.30. The third-order valence-corrected chi connectivity index (χ3v) is 4.54. The molecule has 9 heteroatoms. The molecule has 0 spiro atoms. The Bertz CT molecular complexity index is 691. The summed E-state index contributed by atoms with van der Waals surface area (Å²) in [5.41, 5.74) is 0.0610. The molecule has 1 fully saturated rings. The largest absolute Gasteiger partial charge is 0.479 e. The van der Waals surface area contributed by atoms with Crippen LogP contribution in [0.1, 0.15) is 18.0 Å². The highest BCUT2D eigenvalue weighted by molar-refractivity contribution is 7.89. The van der Waals surface area contributed by atoms with Crippen molar-refractivity contribution in [1.82, 2.24) is 4.90 Å². The van der Waals surface area contributed by atoms with Crippen molar-refractivity contribution in [3.05, 3.63) is 35.6 Å². The zero-order chi connectivity index (χ0) is 15.8. The van der Waals surface area contributed by atoms with E-state index >= 15 is 0 Å². The summed E-state index contributed by atoms with van der Waals surface area (Å²) in [5, 5.41) is 13.1. The van der Waals surface area contributed by atoms with Crippen LogP contribution in [0.2, 0.25) is 0 Å². The molecule has 1 aromatic carbocycles. The Balaban J connectivity index is 2.36. The maximum absolute atomic E-state index is 13.2. The van der Waals surface area contributed by atoms with Gasteiger partial charge >= 0.3 is 5.97 Å². The van der Waals surface area contributed by atoms with Gasteiger partial charge in [-0.05, 0) is 17.7 Å². The fourth-order valence-corrected chi connectivity index (χ4v) is 3.04. The average molecular weight is 316 g/mol. The lowest BCUT2D eigenvalue weighted by molar-refractivity contribution is -0.148. The number of primary sulfonamides is 1. The van der Waals surface area contributed by atoms with E-state index in [2.05, 4.69) is 0 Å². The van der Waals surface area contributed by atoms with E-state index in [4.69, 9.17) is 5.14 Å². The summed E-state index contributed by atoms with van der Waals surface area (Å²) in [4.78, 5) is 24.2. The third kappa shape index (κ3) is 3.19. The van der Waals surface area contributed by atoms with Crippen molar-refractivity contribution < 1.29 is 27.5 Å². The van der Waals surface area contributed by atoms with Gasteiger partial charge in [-0.25, -0.2) is 22.7 Å². The fourth-order valence-electron chi connectivity index (χ4n) is 2.30. The number of likely N-dealkylation sites (tertiary alicyclic amines) is 1. The van der Waals surface area contributed by atoms with Crippen LogP contribution in [-0.2, 0) is 19.6 Å². The highest BCUT2D eigenvalue weighted by atomic mass is 32.2. The average Bonchev–Trinajstić information content (AvgIpc) is 2.71. The monoisotopic (exact) mass is 316 g/mol. The molecule has 7 nitrogen and oxygen atoms in total. The Morgan fingerprint density at radius 3 is 2.62 bits per heavy atom. The standard InChI is InChI=1S/C12H13FN2O5S/c13-8-3-1-2-7(4-8)11(12(17)18)15-6-9(5-10(15)16)21(14,19)20/h1-4,9,11H,5-6H2,(H,17,18)(H2,14,19,20). The molecule has 0 saturated carbocycles. The number of carboxylic acid groups (broad SMARTS) is 1. The first-order valence-corrected chi connectivity index (χ1v) is 7.60. The molecule has 2 rings (SSSR count). The second-order valence-electron chi connectivity index (χ2n) is 4.76. The Morgan fingerprint density at radius 2 is 2.14 bits per heavy atom. The zero-order valence-electron chi connectivity index (χ0n) is 10.8. The Hall–Kier alpha value is -2.00. The lowest BCUT2D eigenvalue weighted by Crippen LogP contribution is -2.37. The van der Waals surface area contributed by atoms with E-state index in [1.54, 1.807) is 0 Å². The van der Waals surface area contributed by atoms with Crippen molar-refractivity contribution >= 4 is 21.9 Å². The van der Waals surface area contributed by atoms with E-state index in [0.717, 1.165) is 17.0 Å². The van der Waals surface area contributed by atoms with E-state index in [1.807, 2.05) is 0 Å². The van der Waals surface area contributed by atoms with Crippen LogP contribution in [0.15, 0.2) is 24.3 Å². The Labute approximate surface area is 120 Å². The van der Waals surface area contributed by atoms with Gasteiger partial charge < -0.3 is 10.0 Å². The van der Waals surface area contributed by atoms with Crippen molar-refractivity contribution in [2.24, 2.45) is 5.14 Å². The maximum Gasteiger partial charge on any atom is 0.331 e. The molecule has 1 heterocycles. The van der Waals surface area contributed by atoms with E-state index in [0.29, 0.717) is 0 Å². The Morgan fingerprint density at radius 1 is 1.48 bits per heavy atom. The molecule has 0 radical (unpaired) electrons. The topological polar surface area (TPSA) is 118 Å². The SMILES string of the molecule is NS(=O)(=O)C1CC(=O)N(C(C(=O)O)c2cccc(F)c2)C1. The molecule has 1 aliphatic heterocycles. The zero-order valence-corrected chi connectivity index (χ0v) is 11.6. The van der Waals surface area contributed by atoms with Crippen LogP contribution in [0.4, 0.5) is 4.39 Å². The summed E-state index contributed by atoms with van der Waals surface area (Å²) in [6.07, 6.45) is -0.377. The first kappa shape index (κ1) is 15.4. The molecule has 1 aromatic rings. The predicted molar refractivity (Wildman–Crippen MR) is 70.0 cm³/mol. The van der Waals surface area contributed by atoms with Crippen LogP contribution in [0.3, 0.4) is 0 Å². The van der Waals surface area contributed by atoms with E-state index in [9.17, 15) is 27.5 Å². The van der Waals surface area contributed by atoms with Crippen LogP contribution in [0, 0.1) is 5.82 Å². The van der Waals surface area contributed by atoms with Crippen LogP contribution in [0.5, 0.6) is 0 Å². The summed E-state index contributed by atoms with van der Waals surface area (Å²) in [7, 11) is -3.95. The number of rotatable bonds is 4. The molecule has 3 N–H and O–H groups in total. The number of carboxylic acids is 1. The van der Waals surface area contributed by atoms with Gasteiger partial charge in [-0.15, -0.1) is 0 Å². The summed E-state index contributed by atoms with van der Waals surface area (Å²) in [6, 6.07) is 3.37. The van der Waals surface area contributed by atoms with Gasteiger partial charge in [0.05, 0.1) is 0 Å². The minimum Gasteiger partial charge on any atom is -0.479 e. The van der Waals surface area contributed by atoms with Gasteiger partial charge in [-0.3, -0.25) is 4.79 Å². The van der Waals surface area contributed by atoms with Crippen molar-refractivity contribution in [2.45, 2.75) is 17.7 Å². The summed E-state index contributed by atoms with van der Waals surface area (Å²) in [5.74, 6) is -2.66. The van der Waals surface area contributed by atoms with Crippen molar-refractivity contribution in [2.75, 3.05) is 6.54 Å². The van der Waals surface area contributed by atoms with Crippen LogP contribution in [0.25, 0.3) is 0 Å². The number of carbonyl (C=O) groups excluding carboxylic acids is 1. The molecular formula is C12H13FN2O5S. The van der Waals surface area contributed by atoms with Crippen LogP contribution >= 0.6 is 0 Å². The molecule has 21 heavy (non-hydrogen) atoms. The molecule has 1 amide bonds. The van der Waals surface area contributed by atoms with E-state index in [1.165, 1.54) is 12.1 Å². The lowest BCUT2D eigenvalue weighted by Gasteiger charge is -2.24. The summed E-state index contributed by atoms with van der Waals surface area (Å²) >= 11 is 0. The van der Waals surface area contributed by atoms with E-state index < -0.39 is 39.0 Å². The van der Waals surface area contributed by atoms with Gasteiger partial charge in [0.1, 0.15) is 11.1 Å². The number of benzene rings is 1. The number of carbonyl (C=O) groups is 2. The van der Waals surface area contributed by atoms with Gasteiger partial charge in [0.25, 0.3) is 0 Å². The molecule has 2 atom stereocenters. The number of hydrogen-bond acceptors (Lipinski definition) is 4. The summed E-state index contributed by atoms with van der Waals surface area (Å²) < 4.78 is 35.8. The first-order valence-electron chi connectivity index (χ1n) is 5.99. The minimum absolute atomic E-state index is 0.0610. The molecule has 0 bridgehead atoms. The number of aliphatic carboxylic acids is 1. The van der Waals surface area contributed by atoms with Gasteiger partial charge in [0.15, 0.2) is 6.04 Å². The van der Waals surface area contributed by atoms with Crippen LogP contribution in [-0.4, -0.2) is 42.1 Å². The Kier molecular flexibility index (Phi) is 3.97. The molecule has 1 saturated heterocycles. The van der Waals surface area contributed by atoms with Gasteiger partial charge in [-0.2, -0.15) is 0 Å². The number of amides is 1. The maximum atomic E-state index is 13.2. The highest BCUT2D eigenvalue weighted by Gasteiger charge is 2.42. The number of hydrogen-bond donors (Lipinski definition) is 2. The quantitative estimate of drug-likeness (QED) is 0.800. The minimum atomic E-state index is -3.95. The number of halogens is 1. The van der Waals surface area contributed by atoms with Crippen molar-refractivity contribution in [3.8, 4) is 0 Å². The molecule has 0 aliphatic carbocycles. The second kappa shape index (κ2) is 5.41. The lowest BCUT2D eigenvalue weighted by atomic mass is 10.1. The van der Waals surface area contributed by atoms with Gasteiger partial charge in [-0.1, -0.05) is 12.1 Å². The normalized spacial score (nSPS) is 20.6. The molecular weight excluding hydrogens is 303 g/mol. The molecule has 2 unspecified atom stereocenters. The number of sulfonamides is 1. The van der Waals surface area contributed by atoms with Crippen molar-refractivity contribution in [3.63, 3.8) is 0 Å². The van der Waals surface area contributed by atoms with Crippen LogP contribution < -0.4 is 5.14 Å². The predicted octanol–water partition coefficient (Wildman–Crippen LogP) is -0.159. The highest BCUT2D eigenvalue weighted by Crippen LogP contribution is 2.28. The first-order chi connectivity index (χ1) is 9.70. The van der Waals surface area contributed by atoms with Gasteiger partial charge in [0.2, 0.25) is 15.9 Å². The van der Waals surface area contributed by atoms with Crippen molar-refractivity contribution in [1.29, 1.82) is 0 Å². The molecule has 114 valence electrons. The van der Waals surface area contributed by atoms with E-state index in [-0.39, 0.29) is 18.5 Å². The summed E-state index contributed by atoms with van der Waals surface area (Å²) in [6.45, 7) is -0.328. The van der Waals surface area contributed by atoms with Gasteiger partial charge in [0, 0.05) is 13.0 Å². The second-order valence-corrected chi connectivity index (χ2v) is 6.60. The number of nitrogens with zero attached hydrogens (tertiary/aromatic N) is 1. The smallest absolute Gasteiger partial charge is 0.331 e.